The molecule has 0 aliphatic carbocycles. The summed E-state index contributed by atoms with van der Waals surface area (Å²) in [4.78, 5) is 32.4. The molecule has 39 heavy (non-hydrogen) atoms. The number of ether oxygens (including phenoxy) is 2. The Bertz CT molecular complexity index is 1320. The molecule has 3 aliphatic rings. The molecule has 3 aromatic rings. The van der Waals surface area contributed by atoms with Crippen molar-refractivity contribution in [2.24, 2.45) is 11.8 Å². The molecule has 10 nitrogen and oxygen atoms in total. The van der Waals surface area contributed by atoms with E-state index in [0.717, 1.165) is 25.9 Å². The largest absolute Gasteiger partial charge is 0.477 e. The minimum atomic E-state index is -2.79. The van der Waals surface area contributed by atoms with Gasteiger partial charge in [0, 0.05) is 44.1 Å². The van der Waals surface area contributed by atoms with Crippen LogP contribution >= 0.6 is 0 Å². The van der Waals surface area contributed by atoms with Gasteiger partial charge in [-0.15, -0.1) is 0 Å². The first-order valence-electron chi connectivity index (χ1n) is 13.5. The van der Waals surface area contributed by atoms with Crippen molar-refractivity contribution in [2.75, 3.05) is 71.0 Å². The van der Waals surface area contributed by atoms with Gasteiger partial charge in [-0.1, -0.05) is 12.1 Å². The summed E-state index contributed by atoms with van der Waals surface area (Å²) >= 11 is 0. The molecule has 0 bridgehead atoms. The molecular weight excluding hydrogens is 508 g/mol. The summed E-state index contributed by atoms with van der Waals surface area (Å²) in [6, 6.07) is 8.59. The van der Waals surface area contributed by atoms with Gasteiger partial charge in [0.05, 0.1) is 30.9 Å². The zero-order chi connectivity index (χ0) is 26.9. The van der Waals surface area contributed by atoms with Gasteiger partial charge >= 0.3 is 0 Å². The maximum Gasteiger partial charge on any atom is 0.296 e. The number of carbonyl (C=O) groups is 1. The molecule has 12 heteroatoms. The fraction of sp³-hybridized carbons (Fsp3) is 0.556. The highest BCUT2D eigenvalue weighted by atomic mass is 19.3. The number of hydrogen-bond acceptors (Lipinski definition) is 8. The number of imidazole rings is 1. The number of anilines is 1. The fourth-order valence-corrected chi connectivity index (χ4v) is 5.50. The molecule has 3 fully saturated rings. The summed E-state index contributed by atoms with van der Waals surface area (Å²) in [5.74, 6) is 1.14. The smallest absolute Gasteiger partial charge is 0.296 e. The Hall–Kier alpha value is -3.38. The van der Waals surface area contributed by atoms with Crippen LogP contribution in [0.1, 0.15) is 25.1 Å². The van der Waals surface area contributed by atoms with E-state index in [1.807, 2.05) is 9.80 Å². The second-order valence-electron chi connectivity index (χ2n) is 10.6. The van der Waals surface area contributed by atoms with Crippen molar-refractivity contribution in [2.45, 2.75) is 19.3 Å². The Labute approximate surface area is 225 Å². The number of aromatic nitrogens is 4. The molecule has 0 unspecified atom stereocenters. The fourth-order valence-electron chi connectivity index (χ4n) is 5.50. The van der Waals surface area contributed by atoms with Crippen LogP contribution in [0.15, 0.2) is 30.3 Å². The quantitative estimate of drug-likeness (QED) is 0.451. The van der Waals surface area contributed by atoms with Crippen LogP contribution in [0.25, 0.3) is 16.9 Å². The van der Waals surface area contributed by atoms with E-state index < -0.39 is 6.43 Å². The van der Waals surface area contributed by atoms with Gasteiger partial charge in [-0.25, -0.2) is 13.8 Å². The van der Waals surface area contributed by atoms with Crippen molar-refractivity contribution in [1.82, 2.24) is 29.3 Å². The number of hydrogen-bond donors (Lipinski definition) is 0. The average Bonchev–Trinajstić information content (AvgIpc) is 3.33. The Kier molecular flexibility index (Phi) is 7.30. The highest BCUT2D eigenvalue weighted by Crippen LogP contribution is 2.30. The van der Waals surface area contributed by atoms with Gasteiger partial charge in [0.25, 0.3) is 6.43 Å². The Morgan fingerprint density at radius 3 is 2.56 bits per heavy atom. The molecule has 6 rings (SSSR count). The first-order valence-corrected chi connectivity index (χ1v) is 13.5. The molecule has 3 aliphatic heterocycles. The van der Waals surface area contributed by atoms with Gasteiger partial charge < -0.3 is 24.2 Å². The number of benzene rings is 1. The van der Waals surface area contributed by atoms with E-state index >= 15 is 0 Å². The molecule has 3 saturated heterocycles. The van der Waals surface area contributed by atoms with E-state index in [0.29, 0.717) is 68.9 Å². The summed E-state index contributed by atoms with van der Waals surface area (Å²) in [7, 11) is 2.09. The number of morpholine rings is 1. The average molecular weight is 542 g/mol. The summed E-state index contributed by atoms with van der Waals surface area (Å²) < 4.78 is 41.0. The van der Waals surface area contributed by atoms with Crippen molar-refractivity contribution in [3.05, 3.63) is 36.2 Å². The maximum atomic E-state index is 14.1. The lowest BCUT2D eigenvalue weighted by Crippen LogP contribution is -2.54. The number of piperidine rings is 1. The summed E-state index contributed by atoms with van der Waals surface area (Å²) in [6.07, 6.45) is -0.971. The second-order valence-corrected chi connectivity index (χ2v) is 10.6. The van der Waals surface area contributed by atoms with Crippen LogP contribution in [0.4, 0.5) is 14.7 Å². The predicted molar refractivity (Wildman–Crippen MR) is 140 cm³/mol. The normalized spacial score (nSPS) is 19.6. The highest BCUT2D eigenvalue weighted by molar-refractivity contribution is 5.80. The molecule has 2 aromatic heterocycles. The molecule has 1 amide bonds. The number of para-hydroxylation sites is 2. The third kappa shape index (κ3) is 5.40. The lowest BCUT2D eigenvalue weighted by atomic mass is 9.92. The number of halogens is 2. The van der Waals surface area contributed by atoms with Crippen molar-refractivity contribution < 1.29 is 23.0 Å². The molecule has 1 aromatic carbocycles. The Balaban J connectivity index is 1.21. The van der Waals surface area contributed by atoms with E-state index in [2.05, 4.69) is 26.9 Å². The minimum Gasteiger partial charge on any atom is -0.477 e. The van der Waals surface area contributed by atoms with Gasteiger partial charge in [0.2, 0.25) is 17.7 Å². The topological polar surface area (TPSA) is 88.9 Å². The van der Waals surface area contributed by atoms with E-state index in [-0.39, 0.29) is 29.4 Å². The molecule has 0 saturated carbocycles. The monoisotopic (exact) mass is 541 g/mol. The van der Waals surface area contributed by atoms with E-state index in [1.165, 1.54) is 4.57 Å². The molecule has 208 valence electrons. The predicted octanol–water partition coefficient (Wildman–Crippen LogP) is 2.77. The SMILES string of the molecule is CN1CCC(C(=O)N2CC(COc3cc(-n4c(C(F)F)nc5ccccc54)nc(N4CCOCC4)n3)C2)CC1. The minimum absolute atomic E-state index is 0.109. The van der Waals surface area contributed by atoms with Gasteiger partial charge in [0.1, 0.15) is 5.82 Å². The van der Waals surface area contributed by atoms with E-state index in [4.69, 9.17) is 9.47 Å². The van der Waals surface area contributed by atoms with Crippen LogP contribution < -0.4 is 9.64 Å². The summed E-state index contributed by atoms with van der Waals surface area (Å²) in [5.41, 5.74) is 0.998. The van der Waals surface area contributed by atoms with Crippen LogP contribution in [0.5, 0.6) is 5.88 Å². The van der Waals surface area contributed by atoms with Gasteiger partial charge in [-0.3, -0.25) is 9.36 Å². The van der Waals surface area contributed by atoms with Crippen LogP contribution in [0.2, 0.25) is 0 Å². The number of nitrogens with zero attached hydrogens (tertiary/aromatic N) is 7. The lowest BCUT2D eigenvalue weighted by Gasteiger charge is -2.42. The van der Waals surface area contributed by atoms with Crippen LogP contribution in [-0.4, -0.2) is 101 Å². The second kappa shape index (κ2) is 11.0. The number of carbonyl (C=O) groups excluding carboxylic acids is 1. The highest BCUT2D eigenvalue weighted by Gasteiger charge is 2.36. The molecule has 0 radical (unpaired) electrons. The number of likely N-dealkylation sites (tertiary alicyclic amines) is 2. The number of rotatable bonds is 7. The van der Waals surface area contributed by atoms with Gasteiger partial charge in [-0.05, 0) is 45.1 Å². The standard InChI is InChI=1S/C27H33F2N7O3/c1-33-8-6-19(7-9-33)26(37)35-15-18(16-35)17-39-23-14-22(31-27(32-23)34-10-12-38-13-11-34)36-21-5-3-2-4-20(21)30-25(36)24(28)29/h2-5,14,18-19,24H,6-13,15-17H2,1H3. The first kappa shape index (κ1) is 25.9. The van der Waals surface area contributed by atoms with E-state index in [1.54, 1.807) is 30.3 Å². The van der Waals surface area contributed by atoms with Crippen molar-refractivity contribution >= 4 is 22.9 Å². The lowest BCUT2D eigenvalue weighted by molar-refractivity contribution is -0.144. The molecule has 0 N–H and O–H groups in total. The van der Waals surface area contributed by atoms with Crippen molar-refractivity contribution in [1.29, 1.82) is 0 Å². The van der Waals surface area contributed by atoms with E-state index in [9.17, 15) is 13.6 Å². The summed E-state index contributed by atoms with van der Waals surface area (Å²) in [5, 5.41) is 0. The Morgan fingerprint density at radius 2 is 1.82 bits per heavy atom. The molecular formula is C27H33F2N7O3. The Morgan fingerprint density at radius 1 is 1.08 bits per heavy atom. The van der Waals surface area contributed by atoms with Crippen LogP contribution in [0.3, 0.4) is 0 Å². The maximum absolute atomic E-state index is 14.1. The molecule has 5 heterocycles. The zero-order valence-corrected chi connectivity index (χ0v) is 22.0. The number of fused-ring (bicyclic) bond motifs is 1. The van der Waals surface area contributed by atoms with Crippen LogP contribution in [0, 0.1) is 11.8 Å². The third-order valence-electron chi connectivity index (χ3n) is 7.79. The van der Waals surface area contributed by atoms with Crippen molar-refractivity contribution in [3.63, 3.8) is 0 Å². The number of amides is 1. The molecule has 0 spiro atoms. The third-order valence-corrected chi connectivity index (χ3v) is 7.79. The zero-order valence-electron chi connectivity index (χ0n) is 22.0. The number of alkyl halides is 2. The van der Waals surface area contributed by atoms with Gasteiger partial charge in [-0.2, -0.15) is 9.97 Å². The molecule has 0 atom stereocenters. The van der Waals surface area contributed by atoms with Gasteiger partial charge in [0.15, 0.2) is 5.82 Å². The first-order chi connectivity index (χ1) is 19.0. The van der Waals surface area contributed by atoms with Crippen molar-refractivity contribution in [3.8, 4) is 11.7 Å². The van der Waals surface area contributed by atoms with Crippen LogP contribution in [-0.2, 0) is 9.53 Å². The summed E-state index contributed by atoms with van der Waals surface area (Å²) in [6.45, 7) is 5.84.